The van der Waals surface area contributed by atoms with Crippen LogP contribution in [0.4, 0.5) is 0 Å². The zero-order valence-corrected chi connectivity index (χ0v) is 13.4. The Balaban J connectivity index is 1.95. The molecule has 1 amide bonds. The molecule has 1 N–H and O–H groups in total. The lowest BCUT2D eigenvalue weighted by Crippen LogP contribution is -2.42. The van der Waals surface area contributed by atoms with Gasteiger partial charge in [-0.1, -0.05) is 19.9 Å². The number of aryl methyl sites for hydroxylation is 2. The highest BCUT2D eigenvalue weighted by Gasteiger charge is 2.18. The number of rotatable bonds is 6. The number of amides is 1. The second-order valence-corrected chi connectivity index (χ2v) is 5.92. The smallest absolute Gasteiger partial charge is 0.260 e. The largest absolute Gasteiger partial charge is 0.481 e. The average molecular weight is 289 g/mol. The Bertz CT molecular complexity index is 480. The van der Waals surface area contributed by atoms with Gasteiger partial charge in [0.2, 0.25) is 0 Å². The molecule has 3 nitrogen and oxygen atoms in total. The van der Waals surface area contributed by atoms with Gasteiger partial charge in [-0.25, -0.2) is 0 Å². The number of nitrogens with one attached hydrogen (secondary N) is 1. The highest BCUT2D eigenvalue weighted by Crippen LogP contribution is 2.25. The van der Waals surface area contributed by atoms with Crippen LogP contribution in [0.3, 0.4) is 0 Å². The number of fused-ring (bicyclic) bond motifs is 1. The highest BCUT2D eigenvalue weighted by atomic mass is 16.5. The molecule has 0 spiro atoms. The first-order chi connectivity index (χ1) is 10.1. The van der Waals surface area contributed by atoms with Crippen LogP contribution in [0.15, 0.2) is 18.2 Å². The molecular formula is C18H27NO2. The molecule has 0 aliphatic heterocycles. The van der Waals surface area contributed by atoms with Crippen molar-refractivity contribution in [3.05, 3.63) is 29.3 Å². The minimum atomic E-state index is -0.452. The molecule has 0 fully saturated rings. The zero-order chi connectivity index (χ0) is 15.2. The van der Waals surface area contributed by atoms with Crippen LogP contribution in [0.5, 0.6) is 5.75 Å². The van der Waals surface area contributed by atoms with E-state index in [1.165, 1.54) is 30.4 Å². The lowest BCUT2D eigenvalue weighted by Gasteiger charge is -2.21. The Morgan fingerprint density at radius 2 is 1.86 bits per heavy atom. The average Bonchev–Trinajstić information content (AvgIpc) is 2.52. The third kappa shape index (κ3) is 4.23. The fourth-order valence-electron chi connectivity index (χ4n) is 2.85. The molecule has 0 aromatic heterocycles. The van der Waals surface area contributed by atoms with E-state index in [0.717, 1.165) is 25.0 Å². The van der Waals surface area contributed by atoms with Crippen LogP contribution >= 0.6 is 0 Å². The van der Waals surface area contributed by atoms with Crippen molar-refractivity contribution >= 4 is 5.91 Å². The van der Waals surface area contributed by atoms with Gasteiger partial charge in [-0.3, -0.25) is 4.79 Å². The van der Waals surface area contributed by atoms with Gasteiger partial charge >= 0.3 is 0 Å². The first kappa shape index (κ1) is 15.9. The molecule has 3 heteroatoms. The van der Waals surface area contributed by atoms with Crippen molar-refractivity contribution in [2.24, 2.45) is 0 Å². The zero-order valence-electron chi connectivity index (χ0n) is 13.4. The summed E-state index contributed by atoms with van der Waals surface area (Å²) in [7, 11) is 0. The van der Waals surface area contributed by atoms with Crippen molar-refractivity contribution in [3.8, 4) is 5.75 Å². The third-order valence-electron chi connectivity index (χ3n) is 4.33. The van der Waals surface area contributed by atoms with Crippen molar-refractivity contribution < 1.29 is 9.53 Å². The quantitative estimate of drug-likeness (QED) is 0.868. The maximum absolute atomic E-state index is 12.1. The lowest BCUT2D eigenvalue weighted by molar-refractivity contribution is -0.128. The molecule has 0 bridgehead atoms. The first-order valence-corrected chi connectivity index (χ1v) is 8.22. The number of ether oxygens (including phenoxy) is 1. The van der Waals surface area contributed by atoms with Gasteiger partial charge in [0.15, 0.2) is 6.10 Å². The maximum atomic E-state index is 12.1. The molecule has 21 heavy (non-hydrogen) atoms. The summed E-state index contributed by atoms with van der Waals surface area (Å²) in [5.74, 6) is 0.782. The summed E-state index contributed by atoms with van der Waals surface area (Å²) in [6.07, 6.45) is 6.28. The summed E-state index contributed by atoms with van der Waals surface area (Å²) in [6.45, 7) is 5.99. The van der Waals surface area contributed by atoms with E-state index in [2.05, 4.69) is 31.3 Å². The van der Waals surface area contributed by atoms with Crippen LogP contribution in [0.2, 0.25) is 0 Å². The van der Waals surface area contributed by atoms with Crippen LogP contribution in [0, 0.1) is 0 Å². The Morgan fingerprint density at radius 3 is 2.52 bits per heavy atom. The van der Waals surface area contributed by atoms with Gasteiger partial charge in [-0.15, -0.1) is 0 Å². The van der Waals surface area contributed by atoms with Crippen LogP contribution in [-0.2, 0) is 17.6 Å². The van der Waals surface area contributed by atoms with E-state index in [1.807, 2.05) is 13.0 Å². The van der Waals surface area contributed by atoms with E-state index in [9.17, 15) is 4.79 Å². The van der Waals surface area contributed by atoms with Crippen molar-refractivity contribution in [2.45, 2.75) is 71.4 Å². The summed E-state index contributed by atoms with van der Waals surface area (Å²) in [5.41, 5.74) is 2.81. The molecule has 0 heterocycles. The minimum absolute atomic E-state index is 0.0265. The third-order valence-corrected chi connectivity index (χ3v) is 4.33. The predicted molar refractivity (Wildman–Crippen MR) is 85.7 cm³/mol. The molecule has 1 aliphatic carbocycles. The molecule has 0 unspecified atom stereocenters. The van der Waals surface area contributed by atoms with Gasteiger partial charge < -0.3 is 10.1 Å². The number of carbonyl (C=O) groups excluding carboxylic acids is 1. The summed E-state index contributed by atoms with van der Waals surface area (Å²) in [4.78, 5) is 12.1. The van der Waals surface area contributed by atoms with Gasteiger partial charge in [-0.05, 0) is 68.7 Å². The Kier molecular flexibility index (Phi) is 5.66. The molecule has 0 radical (unpaired) electrons. The summed E-state index contributed by atoms with van der Waals surface area (Å²) in [5, 5.41) is 3.03. The molecule has 0 saturated heterocycles. The number of carbonyl (C=O) groups is 1. The number of hydrogen-bond donors (Lipinski definition) is 1. The molecule has 0 saturated carbocycles. The normalized spacial score (nSPS) is 15.4. The number of benzene rings is 1. The van der Waals surface area contributed by atoms with Gasteiger partial charge in [0.1, 0.15) is 5.75 Å². The van der Waals surface area contributed by atoms with Gasteiger partial charge in [0.25, 0.3) is 5.91 Å². The predicted octanol–water partition coefficient (Wildman–Crippen LogP) is 3.64. The first-order valence-electron chi connectivity index (χ1n) is 8.22. The fourth-order valence-corrected chi connectivity index (χ4v) is 2.85. The van der Waals surface area contributed by atoms with E-state index in [4.69, 9.17) is 4.74 Å². The second-order valence-electron chi connectivity index (χ2n) is 5.92. The summed E-state index contributed by atoms with van der Waals surface area (Å²) < 4.78 is 5.82. The molecule has 1 aliphatic rings. The molecule has 116 valence electrons. The van der Waals surface area contributed by atoms with E-state index < -0.39 is 6.10 Å². The molecule has 1 atom stereocenters. The molecule has 2 rings (SSSR count). The van der Waals surface area contributed by atoms with Gasteiger partial charge in [0, 0.05) is 6.04 Å². The maximum Gasteiger partial charge on any atom is 0.260 e. The van der Waals surface area contributed by atoms with E-state index >= 15 is 0 Å². The Morgan fingerprint density at radius 1 is 1.19 bits per heavy atom. The topological polar surface area (TPSA) is 38.3 Å². The highest BCUT2D eigenvalue weighted by molar-refractivity contribution is 5.81. The van der Waals surface area contributed by atoms with Crippen LogP contribution in [0.1, 0.15) is 57.6 Å². The van der Waals surface area contributed by atoms with Crippen molar-refractivity contribution in [1.29, 1.82) is 0 Å². The lowest BCUT2D eigenvalue weighted by atomic mass is 9.92. The number of hydrogen-bond acceptors (Lipinski definition) is 2. The van der Waals surface area contributed by atoms with Crippen molar-refractivity contribution in [3.63, 3.8) is 0 Å². The minimum Gasteiger partial charge on any atom is -0.481 e. The standard InChI is InChI=1S/C18H27NO2/c1-4-16(5-2)19-18(20)13(3)21-17-11-10-14-8-6-7-9-15(14)12-17/h10-13,16H,4-9H2,1-3H3,(H,19,20)/t13-/m0/s1. The van der Waals surface area contributed by atoms with Crippen LogP contribution in [-0.4, -0.2) is 18.1 Å². The van der Waals surface area contributed by atoms with Gasteiger partial charge in [0.05, 0.1) is 0 Å². The summed E-state index contributed by atoms with van der Waals surface area (Å²) in [6, 6.07) is 6.49. The molecular weight excluding hydrogens is 262 g/mol. The Labute approximate surface area is 128 Å². The van der Waals surface area contributed by atoms with Crippen LogP contribution < -0.4 is 10.1 Å². The van der Waals surface area contributed by atoms with E-state index in [-0.39, 0.29) is 11.9 Å². The fraction of sp³-hybridized carbons (Fsp3) is 0.611. The van der Waals surface area contributed by atoms with Gasteiger partial charge in [-0.2, -0.15) is 0 Å². The van der Waals surface area contributed by atoms with E-state index in [1.54, 1.807) is 0 Å². The van der Waals surface area contributed by atoms with Crippen molar-refractivity contribution in [2.75, 3.05) is 0 Å². The summed E-state index contributed by atoms with van der Waals surface area (Å²) >= 11 is 0. The van der Waals surface area contributed by atoms with Crippen LogP contribution in [0.25, 0.3) is 0 Å². The SMILES string of the molecule is CCC(CC)NC(=O)[C@H](C)Oc1ccc2c(c1)CCCC2. The van der Waals surface area contributed by atoms with E-state index in [0.29, 0.717) is 0 Å². The second kappa shape index (κ2) is 7.48. The Hall–Kier alpha value is -1.51. The monoisotopic (exact) mass is 289 g/mol. The van der Waals surface area contributed by atoms with Crippen molar-refractivity contribution in [1.82, 2.24) is 5.32 Å². The molecule has 1 aromatic carbocycles. The molecule has 1 aromatic rings.